The minimum Gasteiger partial charge on any atom is -0.481 e. The van der Waals surface area contributed by atoms with Gasteiger partial charge in [0.15, 0.2) is 0 Å². The summed E-state index contributed by atoms with van der Waals surface area (Å²) in [6.45, 7) is 2.41. The molecule has 0 radical (unpaired) electrons. The van der Waals surface area contributed by atoms with E-state index in [0.29, 0.717) is 26.2 Å². The number of aliphatic carboxylic acids is 1. The van der Waals surface area contributed by atoms with Crippen molar-refractivity contribution in [3.8, 4) is 0 Å². The Morgan fingerprint density at radius 3 is 2.74 bits per heavy atom. The number of amides is 2. The summed E-state index contributed by atoms with van der Waals surface area (Å²) in [5.74, 6) is -0.786. The van der Waals surface area contributed by atoms with E-state index in [9.17, 15) is 9.59 Å². The van der Waals surface area contributed by atoms with Crippen molar-refractivity contribution >= 4 is 12.0 Å². The van der Waals surface area contributed by atoms with E-state index in [4.69, 9.17) is 14.9 Å². The van der Waals surface area contributed by atoms with Gasteiger partial charge in [-0.2, -0.15) is 0 Å². The van der Waals surface area contributed by atoms with Gasteiger partial charge in [-0.25, -0.2) is 4.79 Å². The summed E-state index contributed by atoms with van der Waals surface area (Å²) in [6, 6.07) is -0.530. The first-order chi connectivity index (χ1) is 9.11. The van der Waals surface area contributed by atoms with Gasteiger partial charge in [0.25, 0.3) is 0 Å². The molecule has 2 N–H and O–H groups in total. The van der Waals surface area contributed by atoms with Gasteiger partial charge in [0.2, 0.25) is 0 Å². The second-order valence-electron chi connectivity index (χ2n) is 5.09. The molecule has 0 aliphatic carbocycles. The number of nitrogens with zero attached hydrogens (tertiary/aromatic N) is 2. The number of likely N-dealkylation sites (tertiary alicyclic amines) is 1. The maximum atomic E-state index is 12.4. The zero-order valence-corrected chi connectivity index (χ0v) is 10.8. The Kier molecular flexibility index (Phi) is 4.60. The number of hydrogen-bond acceptors (Lipinski definition) is 4. The highest BCUT2D eigenvalue weighted by Crippen LogP contribution is 2.20. The third-order valence-electron chi connectivity index (χ3n) is 3.70. The van der Waals surface area contributed by atoms with Crippen molar-refractivity contribution in [1.29, 1.82) is 0 Å². The lowest BCUT2D eigenvalue weighted by atomic mass is 10.1. The van der Waals surface area contributed by atoms with Crippen LogP contribution in [0.5, 0.6) is 0 Å². The number of carboxylic acids is 1. The lowest BCUT2D eigenvalue weighted by Gasteiger charge is -2.37. The predicted molar refractivity (Wildman–Crippen MR) is 65.7 cm³/mol. The van der Waals surface area contributed by atoms with Crippen LogP contribution in [-0.2, 0) is 9.53 Å². The van der Waals surface area contributed by atoms with Gasteiger partial charge < -0.3 is 24.7 Å². The molecule has 108 valence electrons. The molecule has 2 amide bonds. The normalized spacial score (nSPS) is 27.6. The minimum atomic E-state index is -0.928. The topological polar surface area (TPSA) is 90.3 Å². The number of carbonyl (C=O) groups is 2. The quantitative estimate of drug-likeness (QED) is 0.729. The molecule has 7 nitrogen and oxygen atoms in total. The monoisotopic (exact) mass is 272 g/mol. The predicted octanol–water partition coefficient (Wildman–Crippen LogP) is -0.404. The summed E-state index contributed by atoms with van der Waals surface area (Å²) in [5, 5.41) is 18.0. The van der Waals surface area contributed by atoms with Crippen LogP contribution < -0.4 is 0 Å². The molecule has 0 aromatic rings. The molecular weight excluding hydrogens is 252 g/mol. The SMILES string of the molecule is O=C(O)CC1COCCN1C(=O)N1CCC(CO)C1. The van der Waals surface area contributed by atoms with E-state index < -0.39 is 12.0 Å². The van der Waals surface area contributed by atoms with Crippen LogP contribution in [0.3, 0.4) is 0 Å². The molecular formula is C12H20N2O5. The number of carboxylic acid groups (broad SMARTS) is 1. The Labute approximate surface area is 111 Å². The molecule has 2 saturated heterocycles. The van der Waals surface area contributed by atoms with Crippen molar-refractivity contribution in [2.75, 3.05) is 39.5 Å². The zero-order valence-electron chi connectivity index (χ0n) is 10.8. The van der Waals surface area contributed by atoms with Crippen molar-refractivity contribution < 1.29 is 24.5 Å². The van der Waals surface area contributed by atoms with Crippen LogP contribution in [0.2, 0.25) is 0 Å². The first kappa shape index (κ1) is 14.1. The molecule has 2 fully saturated rings. The molecule has 2 aliphatic heterocycles. The van der Waals surface area contributed by atoms with Crippen LogP contribution in [-0.4, -0.2) is 77.5 Å². The van der Waals surface area contributed by atoms with Crippen molar-refractivity contribution in [3.05, 3.63) is 0 Å². The fraction of sp³-hybridized carbons (Fsp3) is 0.833. The van der Waals surface area contributed by atoms with Gasteiger partial charge in [0.05, 0.1) is 25.7 Å². The summed E-state index contributed by atoms with van der Waals surface area (Å²) in [4.78, 5) is 26.5. The summed E-state index contributed by atoms with van der Waals surface area (Å²) in [7, 11) is 0. The average Bonchev–Trinajstić information content (AvgIpc) is 2.86. The number of aliphatic hydroxyl groups excluding tert-OH is 1. The standard InChI is InChI=1S/C12H20N2O5/c15-7-9-1-2-13(6-9)12(18)14-3-4-19-8-10(14)5-11(16)17/h9-10,15H,1-8H2,(H,16,17). The Bertz CT molecular complexity index is 349. The molecule has 0 aromatic heterocycles. The third-order valence-corrected chi connectivity index (χ3v) is 3.70. The van der Waals surface area contributed by atoms with E-state index in [1.807, 2.05) is 0 Å². The minimum absolute atomic E-state index is 0.0887. The summed E-state index contributed by atoms with van der Waals surface area (Å²) >= 11 is 0. The molecule has 0 bridgehead atoms. The van der Waals surface area contributed by atoms with E-state index in [1.165, 1.54) is 0 Å². The molecule has 7 heteroatoms. The van der Waals surface area contributed by atoms with E-state index >= 15 is 0 Å². The van der Waals surface area contributed by atoms with E-state index in [-0.39, 0.29) is 31.6 Å². The average molecular weight is 272 g/mol. The van der Waals surface area contributed by atoms with E-state index in [1.54, 1.807) is 9.80 Å². The fourth-order valence-electron chi connectivity index (χ4n) is 2.61. The van der Waals surface area contributed by atoms with Gasteiger partial charge >= 0.3 is 12.0 Å². The maximum Gasteiger partial charge on any atom is 0.320 e. The van der Waals surface area contributed by atoms with Gasteiger partial charge in [-0.3, -0.25) is 4.79 Å². The molecule has 0 aromatic carbocycles. The summed E-state index contributed by atoms with van der Waals surface area (Å²) < 4.78 is 5.25. The van der Waals surface area contributed by atoms with Crippen LogP contribution in [0, 0.1) is 5.92 Å². The molecule has 2 aliphatic rings. The molecule has 2 heterocycles. The first-order valence-electron chi connectivity index (χ1n) is 6.57. The highest BCUT2D eigenvalue weighted by molar-refractivity contribution is 5.76. The highest BCUT2D eigenvalue weighted by Gasteiger charge is 2.34. The van der Waals surface area contributed by atoms with Crippen LogP contribution in [0.4, 0.5) is 4.79 Å². The highest BCUT2D eigenvalue weighted by atomic mass is 16.5. The number of urea groups is 1. The van der Waals surface area contributed by atoms with E-state index in [0.717, 1.165) is 6.42 Å². The zero-order chi connectivity index (χ0) is 13.8. The molecule has 0 saturated carbocycles. The largest absolute Gasteiger partial charge is 0.481 e. The number of aliphatic hydroxyl groups is 1. The fourth-order valence-corrected chi connectivity index (χ4v) is 2.61. The second kappa shape index (κ2) is 6.21. The number of morpholine rings is 1. The van der Waals surface area contributed by atoms with Gasteiger partial charge in [0.1, 0.15) is 0 Å². The molecule has 2 unspecified atom stereocenters. The number of carbonyl (C=O) groups excluding carboxylic acids is 1. The summed E-state index contributed by atoms with van der Waals surface area (Å²) in [5.41, 5.74) is 0. The smallest absolute Gasteiger partial charge is 0.320 e. The van der Waals surface area contributed by atoms with Crippen LogP contribution in [0.1, 0.15) is 12.8 Å². The van der Waals surface area contributed by atoms with Gasteiger partial charge in [0, 0.05) is 32.2 Å². The lowest BCUT2D eigenvalue weighted by molar-refractivity contribution is -0.139. The number of rotatable bonds is 3. The first-order valence-corrected chi connectivity index (χ1v) is 6.57. The Balaban J connectivity index is 1.97. The molecule has 19 heavy (non-hydrogen) atoms. The molecule has 2 atom stereocenters. The van der Waals surface area contributed by atoms with Crippen molar-refractivity contribution in [2.45, 2.75) is 18.9 Å². The molecule has 0 spiro atoms. The second-order valence-corrected chi connectivity index (χ2v) is 5.09. The van der Waals surface area contributed by atoms with E-state index in [2.05, 4.69) is 0 Å². The maximum absolute atomic E-state index is 12.4. The van der Waals surface area contributed by atoms with Gasteiger partial charge in [-0.05, 0) is 6.42 Å². The Hall–Kier alpha value is -1.34. The van der Waals surface area contributed by atoms with Crippen LogP contribution >= 0.6 is 0 Å². The van der Waals surface area contributed by atoms with Crippen molar-refractivity contribution in [2.24, 2.45) is 5.92 Å². The number of ether oxygens (including phenoxy) is 1. The lowest BCUT2D eigenvalue weighted by Crippen LogP contribution is -2.53. The Morgan fingerprint density at radius 2 is 2.11 bits per heavy atom. The molecule has 2 rings (SSSR count). The van der Waals surface area contributed by atoms with Crippen molar-refractivity contribution in [1.82, 2.24) is 9.80 Å². The van der Waals surface area contributed by atoms with Gasteiger partial charge in [-0.1, -0.05) is 0 Å². The summed E-state index contributed by atoms with van der Waals surface area (Å²) in [6.07, 6.45) is 0.708. The Morgan fingerprint density at radius 1 is 1.32 bits per heavy atom. The van der Waals surface area contributed by atoms with Crippen LogP contribution in [0.25, 0.3) is 0 Å². The van der Waals surface area contributed by atoms with Gasteiger partial charge in [-0.15, -0.1) is 0 Å². The van der Waals surface area contributed by atoms with Crippen molar-refractivity contribution in [3.63, 3.8) is 0 Å². The van der Waals surface area contributed by atoms with Crippen LogP contribution in [0.15, 0.2) is 0 Å². The number of hydrogen-bond donors (Lipinski definition) is 2. The third kappa shape index (κ3) is 3.36.